The largest absolute Gasteiger partial charge is 0.444 e. The maximum Gasteiger partial charge on any atom is 0.407 e. The number of unbranched alkanes of at least 4 members (excludes halogenated alkanes) is 14. The van der Waals surface area contributed by atoms with Crippen molar-refractivity contribution in [2.45, 2.75) is 136 Å². The van der Waals surface area contributed by atoms with E-state index in [0.29, 0.717) is 323 Å². The summed E-state index contributed by atoms with van der Waals surface area (Å²) in [5, 5.41) is 5.58. The van der Waals surface area contributed by atoms with Crippen LogP contribution in [0.3, 0.4) is 0 Å². The zero-order valence-electron chi connectivity index (χ0n) is 62.4. The third-order valence-electron chi connectivity index (χ3n) is 13.7. The van der Waals surface area contributed by atoms with E-state index in [-0.39, 0.29) is 5.91 Å². The Bertz CT molecular complexity index is 1540. The van der Waals surface area contributed by atoms with Gasteiger partial charge in [0.05, 0.1) is 304 Å². The first kappa shape index (κ1) is 96.8. The first-order valence-corrected chi connectivity index (χ1v) is 37.4. The van der Waals surface area contributed by atoms with Crippen molar-refractivity contribution in [2.24, 2.45) is 0 Å². The lowest BCUT2D eigenvalue weighted by Gasteiger charge is -2.19. The number of alkyl carbamates (subject to hydrolysis) is 1. The highest BCUT2D eigenvalue weighted by atomic mass is 16.6. The zero-order chi connectivity index (χ0) is 71.3. The Labute approximate surface area is 596 Å². The summed E-state index contributed by atoms with van der Waals surface area (Å²) in [5.74, 6) is 0.112. The summed E-state index contributed by atoms with van der Waals surface area (Å²) in [7, 11) is 0. The molecule has 0 radical (unpaired) electrons. The monoisotopic (exact) mass is 1440 g/mol. The van der Waals surface area contributed by atoms with Crippen LogP contribution in [0.4, 0.5) is 4.79 Å². The highest BCUT2D eigenvalue weighted by Crippen LogP contribution is 2.14. The molecule has 0 unspecified atom stereocenters. The molecule has 0 saturated carbocycles. The normalized spacial score (nSPS) is 11.8. The smallest absolute Gasteiger partial charge is 0.407 e. The van der Waals surface area contributed by atoms with Gasteiger partial charge in [-0.1, -0.05) is 96.8 Å². The van der Waals surface area contributed by atoms with Gasteiger partial charge >= 0.3 is 6.09 Å². The maximum absolute atomic E-state index is 12.1. The molecule has 0 fully saturated rings. The van der Waals surface area contributed by atoms with Crippen molar-refractivity contribution in [3.63, 3.8) is 0 Å². The average molecular weight is 1440 g/mol. The summed E-state index contributed by atoms with van der Waals surface area (Å²) in [6.07, 6.45) is 20.0. The van der Waals surface area contributed by atoms with Gasteiger partial charge in [-0.05, 0) is 27.2 Å². The molecule has 0 aliphatic heterocycles. The summed E-state index contributed by atoms with van der Waals surface area (Å²) in [6, 6.07) is 0. The highest BCUT2D eigenvalue weighted by molar-refractivity contribution is 5.75. The van der Waals surface area contributed by atoms with Gasteiger partial charge in [-0.15, -0.1) is 0 Å². The number of rotatable bonds is 88. The van der Waals surface area contributed by atoms with Crippen molar-refractivity contribution < 1.29 is 123 Å². The van der Waals surface area contributed by atoms with Crippen LogP contribution in [-0.4, -0.2) is 335 Å². The Hall–Kier alpha value is -2.18. The summed E-state index contributed by atoms with van der Waals surface area (Å²) in [5.41, 5.74) is -0.522. The maximum atomic E-state index is 12.1. The van der Waals surface area contributed by atoms with Crippen LogP contribution in [0.25, 0.3) is 0 Å². The molecule has 2 N–H and O–H groups in total. The van der Waals surface area contributed by atoms with Gasteiger partial charge in [-0.2, -0.15) is 0 Å². The minimum absolute atomic E-state index is 0.112. The number of nitrogens with one attached hydrogen (secondary N) is 2. The van der Waals surface area contributed by atoms with E-state index in [1.165, 1.54) is 83.5 Å². The summed E-state index contributed by atoms with van der Waals surface area (Å²) >= 11 is 0. The Morgan fingerprint density at radius 2 is 0.364 bits per heavy atom. The van der Waals surface area contributed by atoms with Crippen molar-refractivity contribution in [3.05, 3.63) is 0 Å². The Kier molecular flexibility index (Phi) is 84.6. The Morgan fingerprint density at radius 3 is 0.535 bits per heavy atom. The highest BCUT2D eigenvalue weighted by Gasteiger charge is 2.15. The minimum atomic E-state index is -0.522. The molecule has 0 bridgehead atoms. The standard InChI is InChI=1S/C71H142N2O26/c1-5-6-7-8-9-10-11-12-13-14-15-16-17-18-19-20-69(74)72-21-23-76-25-27-78-29-31-80-33-35-82-37-39-84-41-43-86-45-47-88-49-51-90-53-55-92-57-59-94-61-63-96-65-67-98-68-66-97-64-62-95-60-58-93-56-54-91-52-50-89-48-46-87-44-42-85-40-38-83-36-34-81-32-30-79-28-26-77-24-22-73-70(75)99-71(2,3)4/h5-68H2,1-4H3,(H,72,74)(H,73,75). The van der Waals surface area contributed by atoms with Gasteiger partial charge in [0.25, 0.3) is 0 Å². The molecule has 0 aliphatic carbocycles. The topological polar surface area (TPSA) is 280 Å². The summed E-state index contributed by atoms with van der Waals surface area (Å²) in [4.78, 5) is 23.6. The molecule has 0 aromatic rings. The molecule has 0 aliphatic rings. The van der Waals surface area contributed by atoms with E-state index in [0.717, 1.165) is 12.8 Å². The number of carbonyl (C=O) groups is 2. The predicted octanol–water partition coefficient (Wildman–Crippen LogP) is 7.27. The molecule has 99 heavy (non-hydrogen) atoms. The molecule has 2 amide bonds. The van der Waals surface area contributed by atoms with Gasteiger partial charge in [-0.3, -0.25) is 4.79 Å². The van der Waals surface area contributed by atoms with Crippen molar-refractivity contribution in [2.75, 3.05) is 317 Å². The van der Waals surface area contributed by atoms with Crippen molar-refractivity contribution in [1.29, 1.82) is 0 Å². The van der Waals surface area contributed by atoms with E-state index in [9.17, 15) is 9.59 Å². The van der Waals surface area contributed by atoms with Crippen LogP contribution >= 0.6 is 0 Å². The van der Waals surface area contributed by atoms with Gasteiger partial charge in [0.1, 0.15) is 5.60 Å². The van der Waals surface area contributed by atoms with Crippen LogP contribution in [0.1, 0.15) is 130 Å². The SMILES string of the molecule is CCCCCCCCCCCCCCCCCC(=O)NCCOCCOCCOCCOCCOCCOCCOCCOCCOCCOCCOCCOCCOCCOCCOCCOCCOCCOCCOCCOCCOCCOCCOCCNC(=O)OC(C)(C)C. The fraction of sp³-hybridized carbons (Fsp3) is 0.972. The third-order valence-corrected chi connectivity index (χ3v) is 13.7. The number of amides is 2. The van der Waals surface area contributed by atoms with Crippen LogP contribution in [0, 0.1) is 0 Å². The van der Waals surface area contributed by atoms with E-state index in [1.54, 1.807) is 0 Å². The van der Waals surface area contributed by atoms with Gasteiger partial charge in [-0.25, -0.2) is 4.79 Å². The van der Waals surface area contributed by atoms with Gasteiger partial charge in [0.2, 0.25) is 5.91 Å². The van der Waals surface area contributed by atoms with Crippen LogP contribution in [-0.2, 0) is 118 Å². The van der Waals surface area contributed by atoms with Crippen LogP contribution in [0.5, 0.6) is 0 Å². The molecular formula is C71H142N2O26. The molecule has 0 heterocycles. The number of hydrogen-bond acceptors (Lipinski definition) is 26. The van der Waals surface area contributed by atoms with E-state index in [1.807, 2.05) is 20.8 Å². The molecule has 28 nitrogen and oxygen atoms in total. The van der Waals surface area contributed by atoms with Crippen LogP contribution < -0.4 is 10.6 Å². The first-order valence-electron chi connectivity index (χ1n) is 37.4. The second-order valence-electron chi connectivity index (χ2n) is 23.6. The third kappa shape index (κ3) is 91.9. The first-order chi connectivity index (χ1) is 48.8. The molecular weight excluding hydrogens is 1300 g/mol. The van der Waals surface area contributed by atoms with E-state index in [2.05, 4.69) is 17.6 Å². The lowest BCUT2D eigenvalue weighted by Crippen LogP contribution is -2.34. The lowest BCUT2D eigenvalue weighted by molar-refractivity contribution is -0.121. The summed E-state index contributed by atoms with van der Waals surface area (Å²) < 4.78 is 132. The Morgan fingerprint density at radius 1 is 0.212 bits per heavy atom. The quantitative estimate of drug-likeness (QED) is 0.0566. The van der Waals surface area contributed by atoms with E-state index in [4.69, 9.17) is 114 Å². The molecule has 0 aromatic carbocycles. The predicted molar refractivity (Wildman–Crippen MR) is 376 cm³/mol. The second-order valence-corrected chi connectivity index (χ2v) is 23.6. The molecule has 0 aromatic heterocycles. The number of hydrogen-bond donors (Lipinski definition) is 2. The fourth-order valence-electron chi connectivity index (χ4n) is 8.49. The second kappa shape index (κ2) is 86.5. The molecule has 28 heteroatoms. The van der Waals surface area contributed by atoms with Crippen LogP contribution in [0.2, 0.25) is 0 Å². The zero-order valence-corrected chi connectivity index (χ0v) is 62.4. The number of carbonyl (C=O) groups excluding carboxylic acids is 2. The van der Waals surface area contributed by atoms with Gasteiger partial charge in [0, 0.05) is 19.5 Å². The molecule has 592 valence electrons. The van der Waals surface area contributed by atoms with Gasteiger partial charge in [0.15, 0.2) is 0 Å². The molecule has 0 spiro atoms. The average Bonchev–Trinajstić information content (AvgIpc) is 2.92. The van der Waals surface area contributed by atoms with E-state index < -0.39 is 11.7 Å². The molecule has 0 atom stereocenters. The number of ether oxygens (including phenoxy) is 24. The van der Waals surface area contributed by atoms with Crippen molar-refractivity contribution in [3.8, 4) is 0 Å². The van der Waals surface area contributed by atoms with Crippen molar-refractivity contribution in [1.82, 2.24) is 10.6 Å². The lowest BCUT2D eigenvalue weighted by atomic mass is 10.0. The fourth-order valence-corrected chi connectivity index (χ4v) is 8.49. The van der Waals surface area contributed by atoms with Crippen LogP contribution in [0.15, 0.2) is 0 Å². The van der Waals surface area contributed by atoms with E-state index >= 15 is 0 Å². The minimum Gasteiger partial charge on any atom is -0.444 e. The van der Waals surface area contributed by atoms with Gasteiger partial charge < -0.3 is 124 Å². The van der Waals surface area contributed by atoms with Crippen molar-refractivity contribution >= 4 is 12.0 Å². The molecule has 0 rings (SSSR count). The molecule has 0 saturated heterocycles. The summed E-state index contributed by atoms with van der Waals surface area (Å²) in [6.45, 7) is 30.6. The Balaban J connectivity index is 3.13.